The summed E-state index contributed by atoms with van der Waals surface area (Å²) >= 11 is 3.58. The Morgan fingerprint density at radius 2 is 1.22 bits per heavy atom. The minimum Gasteiger partial charge on any atom is -0.485 e. The number of imidazole rings is 1. The first kappa shape index (κ1) is 26.4. The van der Waals surface area contributed by atoms with Crippen molar-refractivity contribution in [3.63, 3.8) is 0 Å². The lowest BCUT2D eigenvalue weighted by molar-refractivity contribution is 0.267. The van der Waals surface area contributed by atoms with E-state index in [1.54, 1.807) is 16.7 Å². The molecule has 1 N–H and O–H groups in total. The highest BCUT2D eigenvalue weighted by Gasteiger charge is 2.20. The lowest BCUT2D eigenvalue weighted by atomic mass is 10.2. The van der Waals surface area contributed by atoms with E-state index in [1.807, 2.05) is 103 Å². The molecule has 0 radical (unpaired) electrons. The number of nitrogens with zero attached hydrogens (tertiary/aromatic N) is 2. The fourth-order valence-electron chi connectivity index (χ4n) is 4.47. The Balaban J connectivity index is 1.37. The Kier molecular flexibility index (Phi) is 7.82. The molecule has 4 aromatic carbocycles. The Hall–Kier alpha value is -4.82. The summed E-state index contributed by atoms with van der Waals surface area (Å²) < 4.78 is 20.6. The summed E-state index contributed by atoms with van der Waals surface area (Å²) in [7, 11) is 0. The summed E-state index contributed by atoms with van der Waals surface area (Å²) in [6.07, 6.45) is 0. The Bertz CT molecular complexity index is 1820. The maximum atomic E-state index is 13.4. The molecule has 0 fully saturated rings. The number of aromatic amines is 1. The van der Waals surface area contributed by atoms with Crippen LogP contribution in [-0.4, -0.2) is 14.5 Å². The van der Waals surface area contributed by atoms with Gasteiger partial charge in [-0.25, -0.2) is 4.79 Å². The van der Waals surface area contributed by atoms with Crippen molar-refractivity contribution in [3.8, 4) is 23.2 Å². The number of benzene rings is 4. The number of nitrogens with one attached hydrogen (secondary N) is 1. The second kappa shape index (κ2) is 12.1. The third kappa shape index (κ3) is 6.02. The number of hydrogen-bond donors (Lipinski definition) is 1. The van der Waals surface area contributed by atoms with Crippen molar-refractivity contribution >= 4 is 27.0 Å². The van der Waals surface area contributed by atoms with Gasteiger partial charge in [0.1, 0.15) is 31.0 Å². The van der Waals surface area contributed by atoms with Crippen LogP contribution in [0, 0.1) is 0 Å². The van der Waals surface area contributed by atoms with Crippen LogP contribution in [0.2, 0.25) is 0 Å². The first-order valence-electron chi connectivity index (χ1n) is 13.1. The molecular weight excluding hydrogens is 582 g/mol. The number of H-pyrrole nitrogens is 1. The molecule has 0 aliphatic carbocycles. The summed E-state index contributed by atoms with van der Waals surface area (Å²) in [4.78, 5) is 21.1. The van der Waals surface area contributed by atoms with Gasteiger partial charge in [-0.1, -0.05) is 91.0 Å². The smallest absolute Gasteiger partial charge is 0.331 e. The first-order chi connectivity index (χ1) is 20.2. The topological polar surface area (TPSA) is 78.4 Å². The standard InChI is InChI=1S/C33H26BrN3O4/c34-26-16-17-27-30(31(26)40-21-24-12-6-2-7-13-24)36-33(38)37(27)28-18-19-29(39-20-23-10-4-1-5-11-23)35-32(28)41-22-25-14-8-3-9-15-25/h1-19H,20-22H2,(H,36,38). The van der Waals surface area contributed by atoms with Crippen LogP contribution in [-0.2, 0) is 19.8 Å². The van der Waals surface area contributed by atoms with Gasteiger partial charge >= 0.3 is 5.69 Å². The molecule has 0 bridgehead atoms. The number of hydrogen-bond acceptors (Lipinski definition) is 5. The summed E-state index contributed by atoms with van der Waals surface area (Å²) in [5.41, 5.74) is 4.36. The van der Waals surface area contributed by atoms with Gasteiger partial charge in [0.25, 0.3) is 0 Å². The predicted octanol–water partition coefficient (Wildman–Crippen LogP) is 7.21. The fraction of sp³-hybridized carbons (Fsp3) is 0.0909. The van der Waals surface area contributed by atoms with Gasteiger partial charge in [-0.2, -0.15) is 4.98 Å². The molecule has 0 amide bonds. The zero-order valence-corrected chi connectivity index (χ0v) is 23.6. The van der Waals surface area contributed by atoms with Crippen molar-refractivity contribution in [2.45, 2.75) is 19.8 Å². The first-order valence-corrected chi connectivity index (χ1v) is 13.9. The molecule has 2 aromatic heterocycles. The average molecular weight is 608 g/mol. The van der Waals surface area contributed by atoms with E-state index in [2.05, 4.69) is 25.9 Å². The molecule has 2 heterocycles. The van der Waals surface area contributed by atoms with E-state index < -0.39 is 0 Å². The minimum absolute atomic E-state index is 0.275. The predicted molar refractivity (Wildman–Crippen MR) is 162 cm³/mol. The average Bonchev–Trinajstić information content (AvgIpc) is 3.35. The van der Waals surface area contributed by atoms with Crippen LogP contribution in [0.3, 0.4) is 0 Å². The molecule has 0 atom stereocenters. The number of rotatable bonds is 10. The zero-order chi connectivity index (χ0) is 28.0. The van der Waals surface area contributed by atoms with Crippen LogP contribution < -0.4 is 19.9 Å². The molecule has 6 rings (SSSR count). The number of aromatic nitrogens is 3. The van der Waals surface area contributed by atoms with Gasteiger partial charge in [-0.05, 0) is 50.8 Å². The van der Waals surface area contributed by atoms with Gasteiger partial charge in [0.05, 0.1) is 9.99 Å². The molecule has 204 valence electrons. The Morgan fingerprint density at radius 3 is 1.83 bits per heavy atom. The lowest BCUT2D eigenvalue weighted by Crippen LogP contribution is -2.16. The highest BCUT2D eigenvalue weighted by molar-refractivity contribution is 9.10. The molecule has 7 nitrogen and oxygen atoms in total. The zero-order valence-electron chi connectivity index (χ0n) is 22.0. The van der Waals surface area contributed by atoms with Crippen molar-refractivity contribution in [3.05, 3.63) is 147 Å². The summed E-state index contributed by atoms with van der Waals surface area (Å²) in [5.74, 6) is 1.21. The molecule has 0 spiro atoms. The molecule has 0 unspecified atom stereocenters. The van der Waals surface area contributed by atoms with E-state index in [0.29, 0.717) is 41.6 Å². The van der Waals surface area contributed by atoms with Crippen LogP contribution in [0.5, 0.6) is 17.5 Å². The van der Waals surface area contributed by atoms with Gasteiger partial charge in [0.2, 0.25) is 11.8 Å². The molecule has 41 heavy (non-hydrogen) atoms. The second-order valence-corrected chi connectivity index (χ2v) is 10.2. The van der Waals surface area contributed by atoms with Gasteiger partial charge in [-0.15, -0.1) is 0 Å². The number of ether oxygens (including phenoxy) is 3. The summed E-state index contributed by atoms with van der Waals surface area (Å²) in [6, 6.07) is 36.8. The van der Waals surface area contributed by atoms with Crippen molar-refractivity contribution < 1.29 is 14.2 Å². The number of fused-ring (bicyclic) bond motifs is 1. The maximum Gasteiger partial charge on any atom is 0.331 e. The molecular formula is C33H26BrN3O4. The van der Waals surface area contributed by atoms with E-state index in [-0.39, 0.29) is 18.2 Å². The van der Waals surface area contributed by atoms with E-state index in [0.717, 1.165) is 21.2 Å². The van der Waals surface area contributed by atoms with Crippen LogP contribution in [0.1, 0.15) is 16.7 Å². The van der Waals surface area contributed by atoms with E-state index in [9.17, 15) is 4.79 Å². The molecule has 0 aliphatic rings. The number of pyridine rings is 1. The summed E-state index contributed by atoms with van der Waals surface area (Å²) in [5, 5.41) is 0. The van der Waals surface area contributed by atoms with Gasteiger partial charge in [0.15, 0.2) is 5.75 Å². The third-order valence-corrected chi connectivity index (χ3v) is 7.12. The van der Waals surface area contributed by atoms with Gasteiger partial charge in [0, 0.05) is 6.07 Å². The highest BCUT2D eigenvalue weighted by Crippen LogP contribution is 2.35. The number of halogens is 1. The Labute approximate surface area is 245 Å². The highest BCUT2D eigenvalue weighted by atomic mass is 79.9. The minimum atomic E-state index is -0.341. The quantitative estimate of drug-likeness (QED) is 0.178. The normalized spacial score (nSPS) is 11.0. The van der Waals surface area contributed by atoms with Crippen molar-refractivity contribution in [2.24, 2.45) is 0 Å². The van der Waals surface area contributed by atoms with E-state index in [4.69, 9.17) is 14.2 Å². The van der Waals surface area contributed by atoms with Crippen LogP contribution >= 0.6 is 15.9 Å². The van der Waals surface area contributed by atoms with Gasteiger partial charge in [-0.3, -0.25) is 4.57 Å². The van der Waals surface area contributed by atoms with E-state index in [1.165, 1.54) is 0 Å². The third-order valence-electron chi connectivity index (χ3n) is 6.49. The van der Waals surface area contributed by atoms with Crippen molar-refractivity contribution in [2.75, 3.05) is 0 Å². The lowest BCUT2D eigenvalue weighted by Gasteiger charge is -2.14. The molecule has 8 heteroatoms. The Morgan fingerprint density at radius 1 is 0.659 bits per heavy atom. The van der Waals surface area contributed by atoms with E-state index >= 15 is 0 Å². The molecule has 0 saturated heterocycles. The molecule has 6 aromatic rings. The van der Waals surface area contributed by atoms with Crippen LogP contribution in [0.15, 0.2) is 125 Å². The van der Waals surface area contributed by atoms with Crippen molar-refractivity contribution in [1.82, 2.24) is 14.5 Å². The maximum absolute atomic E-state index is 13.4. The van der Waals surface area contributed by atoms with Crippen molar-refractivity contribution in [1.29, 1.82) is 0 Å². The largest absolute Gasteiger partial charge is 0.485 e. The van der Waals surface area contributed by atoms with Crippen LogP contribution in [0.4, 0.5) is 0 Å². The second-order valence-electron chi connectivity index (χ2n) is 9.33. The van der Waals surface area contributed by atoms with Crippen LogP contribution in [0.25, 0.3) is 16.7 Å². The molecule has 0 saturated carbocycles. The van der Waals surface area contributed by atoms with Gasteiger partial charge < -0.3 is 19.2 Å². The molecule has 0 aliphatic heterocycles. The fourth-order valence-corrected chi connectivity index (χ4v) is 4.91. The SMILES string of the molecule is O=c1[nH]c2c(OCc3ccccc3)c(Br)ccc2n1-c1ccc(OCc2ccccc2)nc1OCc1ccccc1. The monoisotopic (exact) mass is 607 g/mol. The summed E-state index contributed by atoms with van der Waals surface area (Å²) in [6.45, 7) is 0.984.